The van der Waals surface area contributed by atoms with Gasteiger partial charge >= 0.3 is 0 Å². The fourth-order valence-electron chi connectivity index (χ4n) is 1.63. The van der Waals surface area contributed by atoms with Gasteiger partial charge in [0.2, 0.25) is 0 Å². The maximum Gasteiger partial charge on any atom is 0.195 e. The van der Waals surface area contributed by atoms with E-state index in [4.69, 9.17) is 23.2 Å². The van der Waals surface area contributed by atoms with Crippen molar-refractivity contribution in [1.29, 1.82) is 0 Å². The normalized spacial score (nSPS) is 10.4. The van der Waals surface area contributed by atoms with Gasteiger partial charge in [-0.25, -0.2) is 0 Å². The zero-order valence-corrected chi connectivity index (χ0v) is 12.6. The highest BCUT2D eigenvalue weighted by Crippen LogP contribution is 2.27. The van der Waals surface area contributed by atoms with Gasteiger partial charge in [0.15, 0.2) is 5.78 Å². The van der Waals surface area contributed by atoms with Crippen molar-refractivity contribution in [2.24, 2.45) is 0 Å². The zero-order chi connectivity index (χ0) is 13.3. The molecule has 0 radical (unpaired) electrons. The first-order chi connectivity index (χ1) is 8.49. The average Bonchev–Trinajstić information content (AvgIpc) is 2.31. The second kappa shape index (κ2) is 5.43. The van der Waals surface area contributed by atoms with Crippen molar-refractivity contribution < 1.29 is 4.79 Å². The molecule has 1 nitrogen and oxygen atoms in total. The Balaban J connectivity index is 2.51. The fourth-order valence-corrected chi connectivity index (χ4v) is 2.55. The van der Waals surface area contributed by atoms with E-state index in [1.54, 1.807) is 18.2 Å². The van der Waals surface area contributed by atoms with Crippen LogP contribution in [0.5, 0.6) is 0 Å². The Labute approximate surface area is 124 Å². The smallest absolute Gasteiger partial charge is 0.195 e. The lowest BCUT2D eigenvalue weighted by Gasteiger charge is -2.07. The summed E-state index contributed by atoms with van der Waals surface area (Å²) in [6.07, 6.45) is 0. The number of hydrogen-bond acceptors (Lipinski definition) is 1. The monoisotopic (exact) mass is 342 g/mol. The second-order valence-electron chi connectivity index (χ2n) is 3.94. The van der Waals surface area contributed by atoms with Crippen LogP contribution in [0.15, 0.2) is 40.9 Å². The fraction of sp³-hybridized carbons (Fsp3) is 0.0714. The molecule has 0 fully saturated rings. The number of aryl methyl sites for hydroxylation is 1. The van der Waals surface area contributed by atoms with Gasteiger partial charge in [0, 0.05) is 20.6 Å². The first kappa shape index (κ1) is 13.6. The van der Waals surface area contributed by atoms with Crippen LogP contribution in [0.2, 0.25) is 10.0 Å². The highest BCUT2D eigenvalue weighted by atomic mass is 79.9. The zero-order valence-electron chi connectivity index (χ0n) is 9.51. The summed E-state index contributed by atoms with van der Waals surface area (Å²) < 4.78 is 0.754. The van der Waals surface area contributed by atoms with Crippen molar-refractivity contribution in [3.8, 4) is 0 Å². The number of benzene rings is 2. The summed E-state index contributed by atoms with van der Waals surface area (Å²) in [6, 6.07) is 10.5. The van der Waals surface area contributed by atoms with Gasteiger partial charge in [-0.3, -0.25) is 4.79 Å². The molecule has 2 aromatic rings. The summed E-state index contributed by atoms with van der Waals surface area (Å²) >= 11 is 15.2. The van der Waals surface area contributed by atoms with E-state index in [1.165, 1.54) is 0 Å². The van der Waals surface area contributed by atoms with Crippen molar-refractivity contribution in [2.45, 2.75) is 6.92 Å². The maximum absolute atomic E-state index is 12.4. The van der Waals surface area contributed by atoms with Crippen LogP contribution in [-0.2, 0) is 0 Å². The maximum atomic E-state index is 12.4. The molecule has 2 aromatic carbocycles. The molecule has 0 N–H and O–H groups in total. The molecular weight excluding hydrogens is 335 g/mol. The Kier molecular flexibility index (Phi) is 4.10. The molecule has 0 spiro atoms. The molecule has 0 amide bonds. The van der Waals surface area contributed by atoms with Gasteiger partial charge in [0.25, 0.3) is 0 Å². The Hall–Kier alpha value is -0.830. The van der Waals surface area contributed by atoms with Gasteiger partial charge in [-0.05, 0) is 37.3 Å². The van der Waals surface area contributed by atoms with Crippen LogP contribution in [0.3, 0.4) is 0 Å². The van der Waals surface area contributed by atoms with Crippen molar-refractivity contribution in [3.63, 3.8) is 0 Å². The molecule has 4 heteroatoms. The van der Waals surface area contributed by atoms with Crippen LogP contribution in [0.1, 0.15) is 21.5 Å². The van der Waals surface area contributed by atoms with Gasteiger partial charge in [-0.2, -0.15) is 0 Å². The topological polar surface area (TPSA) is 17.1 Å². The summed E-state index contributed by atoms with van der Waals surface area (Å²) in [5.41, 5.74) is 2.07. The van der Waals surface area contributed by atoms with Crippen molar-refractivity contribution >= 4 is 44.9 Å². The average molecular weight is 344 g/mol. The molecule has 0 aliphatic carbocycles. The Morgan fingerprint density at radius 2 is 1.78 bits per heavy atom. The summed E-state index contributed by atoms with van der Waals surface area (Å²) in [5, 5.41) is 0.876. The van der Waals surface area contributed by atoms with Gasteiger partial charge in [-0.15, -0.1) is 0 Å². The summed E-state index contributed by atoms with van der Waals surface area (Å²) in [7, 11) is 0. The van der Waals surface area contributed by atoms with Crippen LogP contribution in [0, 0.1) is 6.92 Å². The Morgan fingerprint density at radius 1 is 1.06 bits per heavy atom. The molecule has 0 aliphatic rings. The third kappa shape index (κ3) is 2.77. The summed E-state index contributed by atoms with van der Waals surface area (Å²) in [5.74, 6) is -0.118. The highest BCUT2D eigenvalue weighted by Gasteiger charge is 2.15. The predicted octanol–water partition coefficient (Wildman–Crippen LogP) is 5.30. The van der Waals surface area contributed by atoms with Gasteiger partial charge in [0.05, 0.1) is 5.02 Å². The summed E-state index contributed by atoms with van der Waals surface area (Å²) in [4.78, 5) is 12.4. The van der Waals surface area contributed by atoms with Crippen molar-refractivity contribution in [3.05, 3.63) is 67.6 Å². The predicted molar refractivity (Wildman–Crippen MR) is 78.8 cm³/mol. The molecule has 0 heterocycles. The highest BCUT2D eigenvalue weighted by molar-refractivity contribution is 9.10. The van der Waals surface area contributed by atoms with E-state index in [1.807, 2.05) is 25.1 Å². The molecule has 2 rings (SSSR count). The number of halogens is 3. The standard InChI is InChI=1S/C14H9BrCl2O/c1-8-2-5-12(15)11(6-8)14(18)10-4-3-9(16)7-13(10)17/h2-7H,1H3. The lowest BCUT2D eigenvalue weighted by atomic mass is 10.0. The van der Waals surface area contributed by atoms with Crippen LogP contribution >= 0.6 is 39.1 Å². The lowest BCUT2D eigenvalue weighted by molar-refractivity contribution is 0.103. The molecule has 0 unspecified atom stereocenters. The first-order valence-electron chi connectivity index (χ1n) is 5.25. The van der Waals surface area contributed by atoms with Crippen LogP contribution in [0.25, 0.3) is 0 Å². The molecule has 18 heavy (non-hydrogen) atoms. The first-order valence-corrected chi connectivity index (χ1v) is 6.80. The van der Waals surface area contributed by atoms with Crippen molar-refractivity contribution in [1.82, 2.24) is 0 Å². The number of carbonyl (C=O) groups excluding carboxylic acids is 1. The molecule has 92 valence electrons. The second-order valence-corrected chi connectivity index (χ2v) is 5.63. The van der Waals surface area contributed by atoms with E-state index in [2.05, 4.69) is 15.9 Å². The number of ketones is 1. The number of hydrogen-bond donors (Lipinski definition) is 0. The Bertz CT molecular complexity index is 623. The van der Waals surface area contributed by atoms with E-state index < -0.39 is 0 Å². The van der Waals surface area contributed by atoms with E-state index >= 15 is 0 Å². The number of rotatable bonds is 2. The molecule has 0 bridgehead atoms. The largest absolute Gasteiger partial charge is 0.289 e. The van der Waals surface area contributed by atoms with Crippen LogP contribution in [0.4, 0.5) is 0 Å². The third-order valence-corrected chi connectivity index (χ3v) is 3.78. The third-order valence-electron chi connectivity index (χ3n) is 2.54. The quantitative estimate of drug-likeness (QED) is 0.676. The lowest BCUT2D eigenvalue weighted by Crippen LogP contribution is -2.03. The van der Waals surface area contributed by atoms with E-state index in [-0.39, 0.29) is 5.78 Å². The van der Waals surface area contributed by atoms with Crippen LogP contribution in [-0.4, -0.2) is 5.78 Å². The van der Waals surface area contributed by atoms with E-state index in [9.17, 15) is 4.79 Å². The van der Waals surface area contributed by atoms with Gasteiger partial charge < -0.3 is 0 Å². The molecule has 0 atom stereocenters. The molecule has 0 saturated carbocycles. The van der Waals surface area contributed by atoms with Crippen molar-refractivity contribution in [2.75, 3.05) is 0 Å². The van der Waals surface area contributed by atoms with Crippen LogP contribution < -0.4 is 0 Å². The molecule has 0 aromatic heterocycles. The SMILES string of the molecule is Cc1ccc(Br)c(C(=O)c2ccc(Cl)cc2Cl)c1. The molecule has 0 saturated heterocycles. The minimum atomic E-state index is -0.118. The van der Waals surface area contributed by atoms with E-state index in [0.717, 1.165) is 10.0 Å². The van der Waals surface area contributed by atoms with E-state index in [0.29, 0.717) is 21.2 Å². The van der Waals surface area contributed by atoms with Gasteiger partial charge in [0.1, 0.15) is 0 Å². The molecular formula is C14H9BrCl2O. The minimum Gasteiger partial charge on any atom is -0.289 e. The molecule has 0 aliphatic heterocycles. The summed E-state index contributed by atoms with van der Waals surface area (Å²) in [6.45, 7) is 1.94. The van der Waals surface area contributed by atoms with Gasteiger partial charge in [-0.1, -0.05) is 50.8 Å². The Morgan fingerprint density at radius 3 is 2.44 bits per heavy atom. The minimum absolute atomic E-state index is 0.118. The number of carbonyl (C=O) groups is 1.